The second kappa shape index (κ2) is 2.58. The molecule has 1 heterocycles. The van der Waals surface area contributed by atoms with Gasteiger partial charge in [-0.1, -0.05) is 0 Å². The van der Waals surface area contributed by atoms with E-state index >= 15 is 0 Å². The van der Waals surface area contributed by atoms with Gasteiger partial charge in [0.2, 0.25) is 0 Å². The highest BCUT2D eigenvalue weighted by Crippen LogP contribution is 2.38. The van der Waals surface area contributed by atoms with Crippen molar-refractivity contribution in [3.05, 3.63) is 12.2 Å². The maximum absolute atomic E-state index is 3.99. The van der Waals surface area contributed by atoms with Gasteiger partial charge in [0.15, 0.2) is 0 Å². The van der Waals surface area contributed by atoms with Crippen LogP contribution in [-0.2, 0) is 7.05 Å². The molecule has 1 aliphatic carbocycles. The number of halogens is 1. The third-order valence-corrected chi connectivity index (χ3v) is 1.69. The van der Waals surface area contributed by atoms with Crippen LogP contribution >= 0.6 is 12.4 Å². The van der Waals surface area contributed by atoms with Gasteiger partial charge in [0.05, 0.1) is 0 Å². The molecule has 56 valence electrons. The van der Waals surface area contributed by atoms with Gasteiger partial charge in [0.25, 0.3) is 0 Å². The highest BCUT2D eigenvalue weighted by Gasteiger charge is 2.27. The summed E-state index contributed by atoms with van der Waals surface area (Å²) in [5, 5.41) is 7.79. The average molecular weight is 160 g/mol. The molecule has 0 radical (unpaired) electrons. The molecule has 0 bridgehead atoms. The van der Waals surface area contributed by atoms with Crippen LogP contribution < -0.4 is 0 Å². The van der Waals surface area contributed by atoms with Crippen molar-refractivity contribution in [2.45, 2.75) is 18.8 Å². The van der Waals surface area contributed by atoms with E-state index in [1.54, 1.807) is 6.33 Å². The van der Waals surface area contributed by atoms with Crippen molar-refractivity contribution in [3.63, 3.8) is 0 Å². The van der Waals surface area contributed by atoms with Crippen LogP contribution in [0.25, 0.3) is 0 Å². The zero-order valence-electron chi connectivity index (χ0n) is 5.82. The lowest BCUT2D eigenvalue weighted by Gasteiger charge is -1.92. The molecule has 1 aromatic rings. The van der Waals surface area contributed by atoms with Gasteiger partial charge < -0.3 is 4.57 Å². The van der Waals surface area contributed by atoms with Gasteiger partial charge in [-0.15, -0.1) is 22.6 Å². The second-order valence-corrected chi connectivity index (χ2v) is 2.57. The summed E-state index contributed by atoms with van der Waals surface area (Å²) in [6, 6.07) is 0. The van der Waals surface area contributed by atoms with Crippen LogP contribution in [-0.4, -0.2) is 14.8 Å². The maximum Gasteiger partial charge on any atom is 0.135 e. The van der Waals surface area contributed by atoms with E-state index in [0.29, 0.717) is 0 Å². The number of aromatic nitrogens is 3. The minimum atomic E-state index is 0. The van der Waals surface area contributed by atoms with Gasteiger partial charge in [0, 0.05) is 13.0 Å². The summed E-state index contributed by atoms with van der Waals surface area (Å²) in [4.78, 5) is 0. The van der Waals surface area contributed by atoms with Gasteiger partial charge in [-0.05, 0) is 12.8 Å². The molecule has 0 aliphatic heterocycles. The van der Waals surface area contributed by atoms with Crippen molar-refractivity contribution < 1.29 is 0 Å². The summed E-state index contributed by atoms with van der Waals surface area (Å²) in [5.41, 5.74) is 0. The van der Waals surface area contributed by atoms with Crippen molar-refractivity contribution in [2.75, 3.05) is 0 Å². The standard InChI is InChI=1S/C6H9N3.ClH/c1-9-4-7-8-6(9)5-2-3-5;/h4-5H,2-3H2,1H3;1H. The fourth-order valence-electron chi connectivity index (χ4n) is 1.00. The van der Waals surface area contributed by atoms with Crippen molar-refractivity contribution in [1.82, 2.24) is 14.8 Å². The number of hydrogen-bond donors (Lipinski definition) is 0. The molecule has 0 amide bonds. The number of aryl methyl sites for hydroxylation is 1. The van der Waals surface area contributed by atoms with Crippen molar-refractivity contribution in [1.29, 1.82) is 0 Å². The Kier molecular flexibility index (Phi) is 1.94. The molecule has 0 N–H and O–H groups in total. The van der Waals surface area contributed by atoms with E-state index in [1.165, 1.54) is 12.8 Å². The molecule has 1 aromatic heterocycles. The number of rotatable bonds is 1. The minimum Gasteiger partial charge on any atom is -0.320 e. The fourth-order valence-corrected chi connectivity index (χ4v) is 1.00. The predicted molar refractivity (Wildman–Crippen MR) is 40.2 cm³/mol. The Hall–Kier alpha value is -0.570. The zero-order chi connectivity index (χ0) is 6.27. The van der Waals surface area contributed by atoms with Crippen LogP contribution in [0.3, 0.4) is 0 Å². The van der Waals surface area contributed by atoms with E-state index in [1.807, 2.05) is 11.6 Å². The molecule has 0 unspecified atom stereocenters. The van der Waals surface area contributed by atoms with Crippen LogP contribution in [0.4, 0.5) is 0 Å². The average Bonchev–Trinajstić information content (AvgIpc) is 2.58. The fraction of sp³-hybridized carbons (Fsp3) is 0.667. The lowest BCUT2D eigenvalue weighted by molar-refractivity contribution is 0.798. The first kappa shape index (κ1) is 7.54. The van der Waals surface area contributed by atoms with Crippen molar-refractivity contribution >= 4 is 12.4 Å². The molecular weight excluding hydrogens is 150 g/mol. The first-order valence-electron chi connectivity index (χ1n) is 3.22. The second-order valence-electron chi connectivity index (χ2n) is 2.57. The smallest absolute Gasteiger partial charge is 0.135 e. The Morgan fingerprint density at radius 3 is 2.70 bits per heavy atom. The molecule has 2 rings (SSSR count). The highest BCUT2D eigenvalue weighted by atomic mass is 35.5. The van der Waals surface area contributed by atoms with E-state index in [0.717, 1.165) is 11.7 Å². The summed E-state index contributed by atoms with van der Waals surface area (Å²) in [6.45, 7) is 0. The molecule has 10 heavy (non-hydrogen) atoms. The molecule has 1 aliphatic rings. The van der Waals surface area contributed by atoms with Crippen LogP contribution in [0.5, 0.6) is 0 Å². The predicted octanol–water partition coefficient (Wildman–Crippen LogP) is 1.11. The molecule has 4 heteroatoms. The van der Waals surface area contributed by atoms with Gasteiger partial charge in [-0.2, -0.15) is 0 Å². The third-order valence-electron chi connectivity index (χ3n) is 1.69. The van der Waals surface area contributed by atoms with Crippen LogP contribution in [0.2, 0.25) is 0 Å². The number of nitrogens with zero attached hydrogens (tertiary/aromatic N) is 3. The molecule has 0 atom stereocenters. The van der Waals surface area contributed by atoms with E-state index in [2.05, 4.69) is 10.2 Å². The number of hydrogen-bond acceptors (Lipinski definition) is 2. The quantitative estimate of drug-likeness (QED) is 0.615. The van der Waals surface area contributed by atoms with Gasteiger partial charge >= 0.3 is 0 Å². The monoisotopic (exact) mass is 159 g/mol. The summed E-state index contributed by atoms with van der Waals surface area (Å²) in [6.07, 6.45) is 4.35. The molecule has 0 aromatic carbocycles. The van der Waals surface area contributed by atoms with Crippen molar-refractivity contribution in [2.24, 2.45) is 7.05 Å². The summed E-state index contributed by atoms with van der Waals surface area (Å²) < 4.78 is 2.00. The van der Waals surface area contributed by atoms with E-state index < -0.39 is 0 Å². The first-order valence-corrected chi connectivity index (χ1v) is 3.22. The zero-order valence-corrected chi connectivity index (χ0v) is 6.64. The molecule has 0 spiro atoms. The first-order chi connectivity index (χ1) is 4.38. The third kappa shape index (κ3) is 1.14. The molecule has 0 saturated heterocycles. The Labute approximate surface area is 65.9 Å². The van der Waals surface area contributed by atoms with E-state index in [-0.39, 0.29) is 12.4 Å². The Morgan fingerprint density at radius 2 is 2.30 bits per heavy atom. The van der Waals surface area contributed by atoms with E-state index in [4.69, 9.17) is 0 Å². The molecule has 3 nitrogen and oxygen atoms in total. The Morgan fingerprint density at radius 1 is 1.60 bits per heavy atom. The normalized spacial score (nSPS) is 16.5. The van der Waals surface area contributed by atoms with Crippen LogP contribution in [0.15, 0.2) is 6.33 Å². The minimum absolute atomic E-state index is 0. The van der Waals surface area contributed by atoms with Gasteiger partial charge in [0.1, 0.15) is 12.2 Å². The summed E-state index contributed by atoms with van der Waals surface area (Å²) in [7, 11) is 1.99. The summed E-state index contributed by atoms with van der Waals surface area (Å²) in [5.74, 6) is 1.87. The molecule has 1 fully saturated rings. The Bertz CT molecular complexity index is 217. The van der Waals surface area contributed by atoms with Gasteiger partial charge in [-0.25, -0.2) is 0 Å². The van der Waals surface area contributed by atoms with E-state index in [9.17, 15) is 0 Å². The molecule has 1 saturated carbocycles. The van der Waals surface area contributed by atoms with Crippen LogP contribution in [0, 0.1) is 0 Å². The topological polar surface area (TPSA) is 30.7 Å². The lowest BCUT2D eigenvalue weighted by atomic mass is 10.4. The highest BCUT2D eigenvalue weighted by molar-refractivity contribution is 5.85. The maximum atomic E-state index is 3.99. The lowest BCUT2D eigenvalue weighted by Crippen LogP contribution is -1.93. The largest absolute Gasteiger partial charge is 0.320 e. The van der Waals surface area contributed by atoms with Crippen molar-refractivity contribution in [3.8, 4) is 0 Å². The molecular formula is C6H10ClN3. The Balaban J connectivity index is 0.000000500. The SMILES string of the molecule is Cl.Cn1cnnc1C1CC1. The van der Waals surface area contributed by atoms with Crippen LogP contribution in [0.1, 0.15) is 24.6 Å². The van der Waals surface area contributed by atoms with Gasteiger partial charge in [-0.3, -0.25) is 0 Å². The summed E-state index contributed by atoms with van der Waals surface area (Å²) >= 11 is 0.